The number of anilines is 1. The van der Waals surface area contributed by atoms with Gasteiger partial charge >= 0.3 is 0 Å². The van der Waals surface area contributed by atoms with Crippen molar-refractivity contribution in [3.8, 4) is 5.75 Å². The number of nitrogens with one attached hydrogen (secondary N) is 1. The van der Waals surface area contributed by atoms with Crippen LogP contribution in [0.1, 0.15) is 38.8 Å². The zero-order chi connectivity index (χ0) is 29.7. The van der Waals surface area contributed by atoms with Gasteiger partial charge in [0.2, 0.25) is 11.8 Å². The summed E-state index contributed by atoms with van der Waals surface area (Å²) >= 11 is 6.35. The van der Waals surface area contributed by atoms with E-state index in [1.807, 2.05) is 52.0 Å². The van der Waals surface area contributed by atoms with Crippen LogP contribution in [-0.4, -0.2) is 50.4 Å². The van der Waals surface area contributed by atoms with Crippen LogP contribution in [0, 0.1) is 6.92 Å². The molecule has 0 fully saturated rings. The molecule has 40 heavy (non-hydrogen) atoms. The van der Waals surface area contributed by atoms with Crippen LogP contribution in [0.25, 0.3) is 0 Å². The van der Waals surface area contributed by atoms with E-state index in [1.165, 1.54) is 36.3 Å². The van der Waals surface area contributed by atoms with Crippen LogP contribution in [0.5, 0.6) is 5.75 Å². The maximum Gasteiger partial charge on any atom is 0.264 e. The number of rotatable bonds is 10. The van der Waals surface area contributed by atoms with Gasteiger partial charge < -0.3 is 15.0 Å². The molecule has 1 unspecified atom stereocenters. The number of halogens is 1. The fourth-order valence-electron chi connectivity index (χ4n) is 4.09. The fraction of sp³-hybridized carbons (Fsp3) is 0.333. The standard InChI is InChI=1S/C30H36ClN3O5S/c1-21-12-10-11-13-23(21)19-33(22(2)29(36)32-30(3,4)5)28(35)20-34(24-16-17-27(39-6)26(31)18-24)40(37,38)25-14-8-7-9-15-25/h7-18,22H,19-20H2,1-6H3,(H,32,36). The monoisotopic (exact) mass is 585 g/mol. The van der Waals surface area contributed by atoms with Gasteiger partial charge in [-0.3, -0.25) is 13.9 Å². The second kappa shape index (κ2) is 12.7. The van der Waals surface area contributed by atoms with Crippen LogP contribution in [0.2, 0.25) is 5.02 Å². The van der Waals surface area contributed by atoms with Gasteiger partial charge in [0.25, 0.3) is 10.0 Å². The van der Waals surface area contributed by atoms with Gasteiger partial charge in [-0.15, -0.1) is 0 Å². The van der Waals surface area contributed by atoms with Crippen LogP contribution >= 0.6 is 11.6 Å². The van der Waals surface area contributed by atoms with E-state index in [4.69, 9.17) is 16.3 Å². The van der Waals surface area contributed by atoms with Crippen molar-refractivity contribution in [1.29, 1.82) is 0 Å². The fourth-order valence-corrected chi connectivity index (χ4v) is 5.77. The molecule has 8 nitrogen and oxygen atoms in total. The van der Waals surface area contributed by atoms with Crippen molar-refractivity contribution in [2.45, 2.75) is 57.6 Å². The summed E-state index contributed by atoms with van der Waals surface area (Å²) in [5.41, 5.74) is 1.45. The van der Waals surface area contributed by atoms with Gasteiger partial charge in [-0.1, -0.05) is 54.1 Å². The molecule has 10 heteroatoms. The first-order valence-electron chi connectivity index (χ1n) is 12.8. The molecule has 1 atom stereocenters. The highest BCUT2D eigenvalue weighted by atomic mass is 35.5. The third kappa shape index (κ3) is 7.55. The van der Waals surface area contributed by atoms with Crippen LogP contribution in [0.3, 0.4) is 0 Å². The second-order valence-corrected chi connectivity index (χ2v) is 12.8. The predicted molar refractivity (Wildman–Crippen MR) is 158 cm³/mol. The largest absolute Gasteiger partial charge is 0.495 e. The molecule has 0 saturated carbocycles. The number of benzene rings is 3. The third-order valence-electron chi connectivity index (χ3n) is 6.30. The Morgan fingerprint density at radius 1 is 1.00 bits per heavy atom. The first-order valence-corrected chi connectivity index (χ1v) is 14.6. The quantitative estimate of drug-likeness (QED) is 0.353. The molecular formula is C30H36ClN3O5S. The summed E-state index contributed by atoms with van der Waals surface area (Å²) in [6.45, 7) is 8.68. The Bertz CT molecular complexity index is 1460. The van der Waals surface area contributed by atoms with Gasteiger partial charge in [-0.05, 0) is 76.1 Å². The lowest BCUT2D eigenvalue weighted by molar-refractivity contribution is -0.140. The summed E-state index contributed by atoms with van der Waals surface area (Å²) in [5, 5.41) is 3.11. The zero-order valence-electron chi connectivity index (χ0n) is 23.6. The van der Waals surface area contributed by atoms with E-state index < -0.39 is 34.1 Å². The summed E-state index contributed by atoms with van der Waals surface area (Å²) in [7, 11) is -2.73. The molecule has 1 N–H and O–H groups in total. The molecule has 0 saturated heterocycles. The number of nitrogens with zero attached hydrogens (tertiary/aromatic N) is 2. The number of carbonyl (C=O) groups excluding carboxylic acids is 2. The average Bonchev–Trinajstić information content (AvgIpc) is 2.90. The molecule has 214 valence electrons. The maximum atomic E-state index is 14.0. The first kappa shape index (κ1) is 31.0. The van der Waals surface area contributed by atoms with Crippen LogP contribution in [0.15, 0.2) is 77.7 Å². The highest BCUT2D eigenvalue weighted by Crippen LogP contribution is 2.32. The minimum absolute atomic E-state index is 0.0127. The number of methoxy groups -OCH3 is 1. The zero-order valence-corrected chi connectivity index (χ0v) is 25.2. The minimum Gasteiger partial charge on any atom is -0.495 e. The number of ether oxygens (including phenoxy) is 1. The number of hydrogen-bond acceptors (Lipinski definition) is 5. The van der Waals surface area contributed by atoms with Crippen molar-refractivity contribution < 1.29 is 22.7 Å². The highest BCUT2D eigenvalue weighted by Gasteiger charge is 2.33. The maximum absolute atomic E-state index is 14.0. The molecule has 0 aromatic heterocycles. The van der Waals surface area contributed by atoms with Crippen molar-refractivity contribution in [2.24, 2.45) is 0 Å². The Kier molecular flexibility index (Phi) is 9.87. The molecule has 0 aliphatic carbocycles. The molecule has 3 aromatic carbocycles. The van der Waals surface area contributed by atoms with E-state index in [0.29, 0.717) is 5.75 Å². The van der Waals surface area contributed by atoms with Gasteiger partial charge in [0.1, 0.15) is 18.3 Å². The summed E-state index contributed by atoms with van der Waals surface area (Å²) < 4.78 is 34.0. The van der Waals surface area contributed by atoms with E-state index in [2.05, 4.69) is 5.32 Å². The molecule has 0 bridgehead atoms. The molecule has 2 amide bonds. The van der Waals surface area contributed by atoms with E-state index in [9.17, 15) is 18.0 Å². The van der Waals surface area contributed by atoms with E-state index in [0.717, 1.165) is 15.4 Å². The van der Waals surface area contributed by atoms with Gasteiger partial charge in [0.15, 0.2) is 0 Å². The first-order chi connectivity index (χ1) is 18.7. The predicted octanol–water partition coefficient (Wildman–Crippen LogP) is 5.18. The van der Waals surface area contributed by atoms with Crippen molar-refractivity contribution in [1.82, 2.24) is 10.2 Å². The Hall–Kier alpha value is -3.56. The molecule has 3 rings (SSSR count). The summed E-state index contributed by atoms with van der Waals surface area (Å²) in [5.74, 6) is -0.534. The minimum atomic E-state index is -4.19. The topological polar surface area (TPSA) is 96.0 Å². The number of aryl methyl sites for hydroxylation is 1. The van der Waals surface area contributed by atoms with Crippen LogP contribution in [-0.2, 0) is 26.2 Å². The molecule has 0 radical (unpaired) electrons. The number of amides is 2. The van der Waals surface area contributed by atoms with Gasteiger partial charge in [0, 0.05) is 12.1 Å². The van der Waals surface area contributed by atoms with Gasteiger partial charge in [0.05, 0.1) is 22.7 Å². The Labute approximate surface area is 241 Å². The number of carbonyl (C=O) groups is 2. The number of hydrogen-bond donors (Lipinski definition) is 1. The smallest absolute Gasteiger partial charge is 0.264 e. The molecule has 3 aromatic rings. The molecule has 0 heterocycles. The highest BCUT2D eigenvalue weighted by molar-refractivity contribution is 7.92. The summed E-state index contributed by atoms with van der Waals surface area (Å²) in [6, 6.07) is 19.0. The molecule has 0 spiro atoms. The Morgan fingerprint density at radius 3 is 2.20 bits per heavy atom. The van der Waals surface area contributed by atoms with Gasteiger partial charge in [-0.25, -0.2) is 8.42 Å². The number of sulfonamides is 1. The molecule has 0 aliphatic heterocycles. The lowest BCUT2D eigenvalue weighted by Crippen LogP contribution is -2.54. The van der Waals surface area contributed by atoms with E-state index in [1.54, 1.807) is 31.2 Å². The second-order valence-electron chi connectivity index (χ2n) is 10.5. The third-order valence-corrected chi connectivity index (χ3v) is 8.38. The average molecular weight is 586 g/mol. The van der Waals surface area contributed by atoms with Gasteiger partial charge in [-0.2, -0.15) is 0 Å². The Morgan fingerprint density at radius 2 is 1.62 bits per heavy atom. The van der Waals surface area contributed by atoms with Crippen molar-refractivity contribution in [3.05, 3.63) is 88.9 Å². The molecule has 0 aliphatic rings. The summed E-state index contributed by atoms with van der Waals surface area (Å²) in [6.07, 6.45) is 0. The lowest BCUT2D eigenvalue weighted by Gasteiger charge is -2.33. The van der Waals surface area contributed by atoms with Crippen LogP contribution < -0.4 is 14.4 Å². The lowest BCUT2D eigenvalue weighted by atomic mass is 10.1. The van der Waals surface area contributed by atoms with Crippen LogP contribution in [0.4, 0.5) is 5.69 Å². The molecular weight excluding hydrogens is 550 g/mol. The normalized spacial score (nSPS) is 12.4. The van der Waals surface area contributed by atoms with E-state index >= 15 is 0 Å². The van der Waals surface area contributed by atoms with Crippen molar-refractivity contribution in [3.63, 3.8) is 0 Å². The summed E-state index contributed by atoms with van der Waals surface area (Å²) in [4.78, 5) is 28.6. The van der Waals surface area contributed by atoms with Crippen molar-refractivity contribution >= 4 is 39.1 Å². The Balaban J connectivity index is 2.07. The van der Waals surface area contributed by atoms with Crippen molar-refractivity contribution in [2.75, 3.05) is 18.0 Å². The van der Waals surface area contributed by atoms with E-state index in [-0.39, 0.29) is 28.1 Å². The SMILES string of the molecule is COc1ccc(N(CC(=O)N(Cc2ccccc2C)C(C)C(=O)NC(C)(C)C)S(=O)(=O)c2ccccc2)cc1Cl.